The van der Waals surface area contributed by atoms with Gasteiger partial charge in [0.2, 0.25) is 0 Å². The van der Waals surface area contributed by atoms with E-state index in [0.717, 1.165) is 0 Å². The summed E-state index contributed by atoms with van der Waals surface area (Å²) < 4.78 is 5.71. The van der Waals surface area contributed by atoms with Crippen molar-refractivity contribution in [2.24, 2.45) is 0 Å². The molecular weight excluding hydrogens is 148 g/mol. The molecule has 0 aromatic heterocycles. The summed E-state index contributed by atoms with van der Waals surface area (Å²) in [4.78, 5) is 0. The first-order chi connectivity index (χ1) is 5.75. The minimum absolute atomic E-state index is 0.312. The molecule has 1 aliphatic heterocycles. The van der Waals surface area contributed by atoms with Gasteiger partial charge in [-0.3, -0.25) is 0 Å². The maximum absolute atomic E-state index is 5.71. The van der Waals surface area contributed by atoms with Crippen molar-refractivity contribution in [1.82, 2.24) is 0 Å². The van der Waals surface area contributed by atoms with Gasteiger partial charge in [0, 0.05) is 0 Å². The Labute approximate surface area is 76.5 Å². The van der Waals surface area contributed by atoms with Gasteiger partial charge in [0.1, 0.15) is 0 Å². The van der Waals surface area contributed by atoms with Gasteiger partial charge in [0.05, 0.1) is 11.7 Å². The van der Waals surface area contributed by atoms with Gasteiger partial charge in [-0.1, -0.05) is 39.5 Å². The molecular formula is C11H22O. The standard InChI is InChI=1S/C11H22O/c1-4-6-8-11(9-7-5-2)10(3)12-11/h10H,4-9H2,1-3H3. The van der Waals surface area contributed by atoms with Gasteiger partial charge in [-0.2, -0.15) is 0 Å². The number of rotatable bonds is 6. The van der Waals surface area contributed by atoms with E-state index in [2.05, 4.69) is 20.8 Å². The summed E-state index contributed by atoms with van der Waals surface area (Å²) in [6, 6.07) is 0. The Kier molecular flexibility index (Phi) is 3.57. The second-order valence-electron chi connectivity index (χ2n) is 4.03. The highest BCUT2D eigenvalue weighted by Gasteiger charge is 2.51. The Morgan fingerprint density at radius 1 is 1.08 bits per heavy atom. The van der Waals surface area contributed by atoms with E-state index in [4.69, 9.17) is 4.74 Å². The van der Waals surface area contributed by atoms with E-state index in [-0.39, 0.29) is 0 Å². The minimum Gasteiger partial charge on any atom is -0.366 e. The first kappa shape index (κ1) is 10.0. The average molecular weight is 170 g/mol. The lowest BCUT2D eigenvalue weighted by Crippen LogP contribution is -2.13. The van der Waals surface area contributed by atoms with E-state index >= 15 is 0 Å². The maximum atomic E-state index is 5.71. The topological polar surface area (TPSA) is 12.5 Å². The summed E-state index contributed by atoms with van der Waals surface area (Å²) in [5, 5.41) is 0. The molecule has 0 saturated carbocycles. The maximum Gasteiger partial charge on any atom is 0.0945 e. The Hall–Kier alpha value is -0.0400. The first-order valence-electron chi connectivity index (χ1n) is 5.43. The predicted octanol–water partition coefficient (Wildman–Crippen LogP) is 3.52. The van der Waals surface area contributed by atoms with Crippen molar-refractivity contribution in [2.75, 3.05) is 0 Å². The molecule has 1 atom stereocenters. The van der Waals surface area contributed by atoms with Crippen molar-refractivity contribution in [3.05, 3.63) is 0 Å². The molecule has 1 unspecified atom stereocenters. The fourth-order valence-electron chi connectivity index (χ4n) is 1.92. The van der Waals surface area contributed by atoms with Crippen molar-refractivity contribution in [3.63, 3.8) is 0 Å². The van der Waals surface area contributed by atoms with Crippen LogP contribution in [0, 0.1) is 0 Å². The molecule has 0 N–H and O–H groups in total. The third-order valence-corrected chi connectivity index (χ3v) is 3.00. The highest BCUT2D eigenvalue weighted by molar-refractivity contribution is 4.99. The van der Waals surface area contributed by atoms with Crippen LogP contribution in [0.15, 0.2) is 0 Å². The van der Waals surface area contributed by atoms with Crippen LogP contribution in [0.25, 0.3) is 0 Å². The monoisotopic (exact) mass is 170 g/mol. The van der Waals surface area contributed by atoms with Crippen LogP contribution in [0.5, 0.6) is 0 Å². The lowest BCUT2D eigenvalue weighted by atomic mass is 9.93. The van der Waals surface area contributed by atoms with E-state index in [1.165, 1.54) is 38.5 Å². The molecule has 1 rings (SSSR count). The Morgan fingerprint density at radius 2 is 1.50 bits per heavy atom. The summed E-state index contributed by atoms with van der Waals surface area (Å²) in [5.74, 6) is 0. The van der Waals surface area contributed by atoms with Crippen molar-refractivity contribution < 1.29 is 4.74 Å². The van der Waals surface area contributed by atoms with E-state index in [0.29, 0.717) is 11.7 Å². The fourth-order valence-corrected chi connectivity index (χ4v) is 1.92. The lowest BCUT2D eigenvalue weighted by Gasteiger charge is -2.10. The normalized spacial score (nSPS) is 25.8. The number of unbranched alkanes of at least 4 members (excludes halogenated alkanes) is 2. The molecule has 1 heteroatoms. The van der Waals surface area contributed by atoms with Gasteiger partial charge in [-0.05, 0) is 19.8 Å². The van der Waals surface area contributed by atoms with E-state index in [1.807, 2.05) is 0 Å². The molecule has 1 aliphatic rings. The Morgan fingerprint density at radius 3 is 1.75 bits per heavy atom. The third kappa shape index (κ3) is 2.22. The van der Waals surface area contributed by atoms with Gasteiger partial charge in [-0.25, -0.2) is 0 Å². The van der Waals surface area contributed by atoms with Crippen LogP contribution in [0.3, 0.4) is 0 Å². The highest BCUT2D eigenvalue weighted by atomic mass is 16.6. The van der Waals surface area contributed by atoms with Crippen molar-refractivity contribution in [3.8, 4) is 0 Å². The number of hydrogen-bond acceptors (Lipinski definition) is 1. The lowest BCUT2D eigenvalue weighted by molar-refractivity contribution is 0.259. The van der Waals surface area contributed by atoms with Crippen molar-refractivity contribution in [2.45, 2.75) is 71.0 Å². The van der Waals surface area contributed by atoms with Gasteiger partial charge < -0.3 is 4.74 Å². The smallest absolute Gasteiger partial charge is 0.0945 e. The SMILES string of the molecule is CCCCC1(CCCC)OC1C. The molecule has 0 aliphatic carbocycles. The van der Waals surface area contributed by atoms with Crippen LogP contribution in [0.2, 0.25) is 0 Å². The molecule has 0 amide bonds. The average Bonchev–Trinajstić information content (AvgIpc) is 2.71. The molecule has 12 heavy (non-hydrogen) atoms. The Balaban J connectivity index is 2.22. The molecule has 0 spiro atoms. The van der Waals surface area contributed by atoms with E-state index in [1.54, 1.807) is 0 Å². The van der Waals surface area contributed by atoms with Gasteiger partial charge in [0.25, 0.3) is 0 Å². The third-order valence-electron chi connectivity index (χ3n) is 3.00. The molecule has 1 nitrogen and oxygen atoms in total. The van der Waals surface area contributed by atoms with Crippen LogP contribution < -0.4 is 0 Å². The van der Waals surface area contributed by atoms with Gasteiger partial charge in [0.15, 0.2) is 0 Å². The number of epoxide rings is 1. The molecule has 72 valence electrons. The quantitative estimate of drug-likeness (QED) is 0.556. The fraction of sp³-hybridized carbons (Fsp3) is 1.00. The summed E-state index contributed by atoms with van der Waals surface area (Å²) >= 11 is 0. The zero-order valence-electron chi connectivity index (χ0n) is 8.73. The van der Waals surface area contributed by atoms with Crippen LogP contribution in [0.4, 0.5) is 0 Å². The number of ether oxygens (including phenoxy) is 1. The molecule has 0 radical (unpaired) electrons. The molecule has 0 bridgehead atoms. The van der Waals surface area contributed by atoms with Gasteiger partial charge in [-0.15, -0.1) is 0 Å². The molecule has 1 heterocycles. The predicted molar refractivity (Wildman–Crippen MR) is 52.3 cm³/mol. The van der Waals surface area contributed by atoms with Crippen LogP contribution in [-0.2, 0) is 4.74 Å². The van der Waals surface area contributed by atoms with Crippen molar-refractivity contribution in [1.29, 1.82) is 0 Å². The zero-order valence-corrected chi connectivity index (χ0v) is 8.73. The largest absolute Gasteiger partial charge is 0.366 e. The first-order valence-corrected chi connectivity index (χ1v) is 5.43. The van der Waals surface area contributed by atoms with Crippen LogP contribution >= 0.6 is 0 Å². The number of hydrogen-bond donors (Lipinski definition) is 0. The minimum atomic E-state index is 0.312. The molecule has 1 fully saturated rings. The zero-order chi connectivity index (χ0) is 9.03. The highest BCUT2D eigenvalue weighted by Crippen LogP contribution is 2.44. The Bertz CT molecular complexity index is 123. The van der Waals surface area contributed by atoms with Crippen LogP contribution in [0.1, 0.15) is 59.3 Å². The van der Waals surface area contributed by atoms with Crippen LogP contribution in [-0.4, -0.2) is 11.7 Å². The molecule has 1 saturated heterocycles. The molecule has 0 aromatic carbocycles. The second-order valence-corrected chi connectivity index (χ2v) is 4.03. The van der Waals surface area contributed by atoms with E-state index in [9.17, 15) is 0 Å². The summed E-state index contributed by atoms with van der Waals surface area (Å²) in [5.41, 5.74) is 0.312. The van der Waals surface area contributed by atoms with Crippen molar-refractivity contribution >= 4 is 0 Å². The molecule has 0 aromatic rings. The van der Waals surface area contributed by atoms with Gasteiger partial charge >= 0.3 is 0 Å². The summed E-state index contributed by atoms with van der Waals surface area (Å²) in [6.07, 6.45) is 8.35. The summed E-state index contributed by atoms with van der Waals surface area (Å²) in [6.45, 7) is 6.71. The van der Waals surface area contributed by atoms with E-state index < -0.39 is 0 Å². The summed E-state index contributed by atoms with van der Waals surface area (Å²) in [7, 11) is 0. The second kappa shape index (κ2) is 4.27.